The number of benzene rings is 1. The second kappa shape index (κ2) is 11.4. The molecule has 10 nitrogen and oxygen atoms in total. The van der Waals surface area contributed by atoms with Gasteiger partial charge in [-0.2, -0.15) is 0 Å². The summed E-state index contributed by atoms with van der Waals surface area (Å²) in [5.74, 6) is -1.44. The summed E-state index contributed by atoms with van der Waals surface area (Å²) in [6.45, 7) is 0. The van der Waals surface area contributed by atoms with Crippen molar-refractivity contribution in [3.63, 3.8) is 0 Å². The molecule has 33 heavy (non-hydrogen) atoms. The average Bonchev–Trinajstić information content (AvgIpc) is 3.58. The highest BCUT2D eigenvalue weighted by atomic mass is 16.6. The first kappa shape index (κ1) is 24.2. The minimum Gasteiger partial charge on any atom is -0.507 e. The number of phenolic OH excluding ortho intramolecular Hbond substituents is 1. The Morgan fingerprint density at radius 3 is 2.94 bits per heavy atom. The van der Waals surface area contributed by atoms with Crippen molar-refractivity contribution in [2.75, 3.05) is 7.11 Å². The first-order valence-corrected chi connectivity index (χ1v) is 10.3. The van der Waals surface area contributed by atoms with Crippen LogP contribution in [-0.4, -0.2) is 71.0 Å². The molecule has 2 heterocycles. The van der Waals surface area contributed by atoms with E-state index in [1.54, 1.807) is 18.2 Å². The van der Waals surface area contributed by atoms with Crippen LogP contribution in [0, 0.1) is 0 Å². The van der Waals surface area contributed by atoms with Gasteiger partial charge in [0.25, 0.3) is 0 Å². The van der Waals surface area contributed by atoms with E-state index < -0.39 is 42.4 Å². The lowest BCUT2D eigenvalue weighted by atomic mass is 10.00. The van der Waals surface area contributed by atoms with Crippen LogP contribution in [0.2, 0.25) is 0 Å². The number of cyclic esters (lactones) is 1. The third-order valence-electron chi connectivity index (χ3n) is 5.05. The van der Waals surface area contributed by atoms with E-state index in [-0.39, 0.29) is 24.2 Å². The number of aromatic hydroxyl groups is 1. The molecule has 1 fully saturated rings. The lowest BCUT2D eigenvalue weighted by Crippen LogP contribution is -2.30. The van der Waals surface area contributed by atoms with E-state index in [0.717, 1.165) is 0 Å². The van der Waals surface area contributed by atoms with Gasteiger partial charge in [-0.05, 0) is 17.7 Å². The van der Waals surface area contributed by atoms with Crippen molar-refractivity contribution in [1.82, 2.24) is 5.32 Å². The Balaban J connectivity index is 1.72. The Morgan fingerprint density at radius 1 is 1.33 bits per heavy atom. The van der Waals surface area contributed by atoms with Crippen molar-refractivity contribution >= 4 is 24.2 Å². The third kappa shape index (κ3) is 6.75. The molecule has 2 aliphatic rings. The molecule has 0 unspecified atom stereocenters. The van der Waals surface area contributed by atoms with Gasteiger partial charge in [-0.15, -0.1) is 0 Å². The summed E-state index contributed by atoms with van der Waals surface area (Å²) in [6, 6.07) is 4.55. The molecule has 1 aromatic carbocycles. The number of fused-ring (bicyclic) bond motifs is 2. The molecular weight excluding hydrogens is 432 g/mol. The molecular formula is C23H26N2O8. The summed E-state index contributed by atoms with van der Waals surface area (Å²) in [6.07, 6.45) is 6.20. The molecule has 10 heteroatoms. The quantitative estimate of drug-likeness (QED) is 0.162. The highest BCUT2D eigenvalue weighted by molar-refractivity contribution is 5.96. The Labute approximate surface area is 190 Å². The number of hydrogen-bond donors (Lipinski definition) is 4. The number of nitrogens with zero attached hydrogens (tertiary/aromatic N) is 1. The smallest absolute Gasteiger partial charge is 0.342 e. The van der Waals surface area contributed by atoms with Gasteiger partial charge < -0.3 is 34.9 Å². The predicted octanol–water partition coefficient (Wildman–Crippen LogP) is 1.03. The molecule has 0 aromatic heterocycles. The number of amides is 1. The molecule has 3 rings (SSSR count). The molecule has 0 saturated carbocycles. The molecule has 2 aliphatic heterocycles. The van der Waals surface area contributed by atoms with Gasteiger partial charge in [-0.1, -0.05) is 35.5 Å². The van der Waals surface area contributed by atoms with Crippen LogP contribution in [0.15, 0.2) is 53.9 Å². The molecule has 4 N–H and O–H groups in total. The van der Waals surface area contributed by atoms with Gasteiger partial charge in [-0.3, -0.25) is 4.79 Å². The first-order chi connectivity index (χ1) is 15.9. The SMILES string of the molecule is CO/N=C/C=C/C(=O)N/C=C/C[C@H]1C[C@H](O)[C@@H]2O[C@@H]2[C@H](O)C=Cc2cccc(O)c2C(=O)O1. The van der Waals surface area contributed by atoms with Crippen LogP contribution in [0.3, 0.4) is 0 Å². The number of carbonyl (C=O) groups excluding carboxylic acids is 2. The van der Waals surface area contributed by atoms with Crippen LogP contribution in [0.4, 0.5) is 0 Å². The molecule has 0 bridgehead atoms. The standard InChI is InChI=1S/C23H26N2O8/c1-31-25-12-4-8-19(29)24-11-3-6-15-13-18(28)22-21(33-22)17(27)10-9-14-5-2-7-16(26)20(14)23(30)32-15/h2-5,7-12,15,17-18,21-22,26-28H,6,13H2,1H3,(H,24,29)/b8-4+,10-9?,11-3+,25-12+/t15-,17+,18-,21+,22-/m0/s1. The maximum absolute atomic E-state index is 12.8. The minimum atomic E-state index is -0.981. The van der Waals surface area contributed by atoms with E-state index in [4.69, 9.17) is 9.47 Å². The van der Waals surface area contributed by atoms with E-state index in [1.165, 1.54) is 49.9 Å². The number of ether oxygens (including phenoxy) is 2. The number of rotatable bonds is 6. The summed E-state index contributed by atoms with van der Waals surface area (Å²) in [5.41, 5.74) is 0.331. The summed E-state index contributed by atoms with van der Waals surface area (Å²) in [5, 5.41) is 37.0. The second-order valence-corrected chi connectivity index (χ2v) is 7.43. The number of carbonyl (C=O) groups is 2. The Hall–Kier alpha value is -3.47. The number of aliphatic hydroxyl groups is 2. The van der Waals surface area contributed by atoms with Crippen molar-refractivity contribution in [3.8, 4) is 5.75 Å². The topological polar surface area (TPSA) is 150 Å². The summed E-state index contributed by atoms with van der Waals surface area (Å²) < 4.78 is 11.0. The van der Waals surface area contributed by atoms with Gasteiger partial charge in [-0.25, -0.2) is 4.79 Å². The number of epoxide rings is 1. The Bertz CT molecular complexity index is 971. The minimum absolute atomic E-state index is 0.0396. The zero-order chi connectivity index (χ0) is 23.8. The van der Waals surface area contributed by atoms with Gasteiger partial charge >= 0.3 is 5.97 Å². The van der Waals surface area contributed by atoms with E-state index in [9.17, 15) is 24.9 Å². The normalized spacial score (nSPS) is 27.5. The maximum Gasteiger partial charge on any atom is 0.342 e. The van der Waals surface area contributed by atoms with Crippen LogP contribution in [-0.2, 0) is 19.1 Å². The Kier molecular flexibility index (Phi) is 8.36. The maximum atomic E-state index is 12.8. The van der Waals surface area contributed by atoms with Crippen molar-refractivity contribution in [3.05, 3.63) is 59.8 Å². The highest BCUT2D eigenvalue weighted by Gasteiger charge is 2.48. The van der Waals surface area contributed by atoms with Crippen LogP contribution in [0.1, 0.15) is 28.8 Å². The summed E-state index contributed by atoms with van der Waals surface area (Å²) in [4.78, 5) is 29.0. The van der Waals surface area contributed by atoms with Gasteiger partial charge in [0.2, 0.25) is 5.91 Å². The highest BCUT2D eigenvalue weighted by Crippen LogP contribution is 2.33. The van der Waals surface area contributed by atoms with E-state index in [2.05, 4.69) is 15.3 Å². The van der Waals surface area contributed by atoms with E-state index >= 15 is 0 Å². The van der Waals surface area contributed by atoms with Crippen molar-refractivity contribution < 1.29 is 39.2 Å². The number of hydrogen-bond acceptors (Lipinski definition) is 9. The molecule has 0 spiro atoms. The zero-order valence-corrected chi connectivity index (χ0v) is 17.9. The monoisotopic (exact) mass is 458 g/mol. The fourth-order valence-electron chi connectivity index (χ4n) is 3.39. The molecule has 1 aromatic rings. The lowest BCUT2D eigenvalue weighted by molar-refractivity contribution is -0.115. The number of oxime groups is 1. The predicted molar refractivity (Wildman–Crippen MR) is 118 cm³/mol. The zero-order valence-electron chi connectivity index (χ0n) is 17.9. The van der Waals surface area contributed by atoms with Crippen LogP contribution >= 0.6 is 0 Å². The summed E-state index contributed by atoms with van der Waals surface area (Å²) in [7, 11) is 1.38. The largest absolute Gasteiger partial charge is 0.507 e. The van der Waals surface area contributed by atoms with Crippen molar-refractivity contribution in [2.24, 2.45) is 5.16 Å². The summed E-state index contributed by atoms with van der Waals surface area (Å²) >= 11 is 0. The third-order valence-corrected chi connectivity index (χ3v) is 5.05. The van der Waals surface area contributed by atoms with E-state index in [1.807, 2.05) is 0 Å². The van der Waals surface area contributed by atoms with Crippen LogP contribution in [0.5, 0.6) is 5.75 Å². The molecule has 1 amide bonds. The molecule has 1 saturated heterocycles. The van der Waals surface area contributed by atoms with Gasteiger partial charge in [0.15, 0.2) is 0 Å². The van der Waals surface area contributed by atoms with Gasteiger partial charge in [0.1, 0.15) is 42.8 Å². The van der Waals surface area contributed by atoms with E-state index in [0.29, 0.717) is 5.56 Å². The molecule has 176 valence electrons. The molecule has 0 aliphatic carbocycles. The first-order valence-electron chi connectivity index (χ1n) is 10.3. The molecule has 0 radical (unpaired) electrons. The van der Waals surface area contributed by atoms with Gasteiger partial charge in [0.05, 0.1) is 12.3 Å². The lowest BCUT2D eigenvalue weighted by Gasteiger charge is -2.20. The number of phenols is 1. The second-order valence-electron chi connectivity index (χ2n) is 7.43. The number of allylic oxidation sites excluding steroid dienone is 1. The van der Waals surface area contributed by atoms with Crippen molar-refractivity contribution in [2.45, 2.75) is 43.4 Å². The molecule has 5 atom stereocenters. The van der Waals surface area contributed by atoms with Gasteiger partial charge in [0, 0.05) is 25.1 Å². The Morgan fingerprint density at radius 2 is 2.15 bits per heavy atom. The fraction of sp³-hybridized carbons (Fsp3) is 0.348. The van der Waals surface area contributed by atoms with Crippen LogP contribution in [0.25, 0.3) is 6.08 Å². The number of esters is 1. The number of nitrogens with one attached hydrogen (secondary N) is 1. The van der Waals surface area contributed by atoms with Crippen molar-refractivity contribution in [1.29, 1.82) is 0 Å². The van der Waals surface area contributed by atoms with Crippen LogP contribution < -0.4 is 5.32 Å². The fourth-order valence-corrected chi connectivity index (χ4v) is 3.39. The number of aliphatic hydroxyl groups excluding tert-OH is 2. The average molecular weight is 458 g/mol.